The van der Waals surface area contributed by atoms with Crippen molar-refractivity contribution in [1.29, 1.82) is 0 Å². The van der Waals surface area contributed by atoms with Crippen molar-refractivity contribution >= 4 is 5.91 Å². The molecule has 21 heavy (non-hydrogen) atoms. The minimum atomic E-state index is 0.104. The maximum Gasteiger partial charge on any atom is 0.246 e. The van der Waals surface area contributed by atoms with Gasteiger partial charge in [0.25, 0.3) is 0 Å². The van der Waals surface area contributed by atoms with Crippen LogP contribution in [0.3, 0.4) is 0 Å². The van der Waals surface area contributed by atoms with E-state index >= 15 is 0 Å². The van der Waals surface area contributed by atoms with Gasteiger partial charge in [-0.15, -0.1) is 0 Å². The predicted molar refractivity (Wildman–Crippen MR) is 80.6 cm³/mol. The molecule has 0 N–H and O–H groups in total. The number of carbonyl (C=O) groups is 1. The number of hydrogen-bond donors (Lipinski definition) is 0. The molecule has 1 aromatic carbocycles. The number of amides is 1. The lowest BCUT2D eigenvalue weighted by Gasteiger charge is -2.26. The quantitative estimate of drug-likeness (QED) is 0.785. The van der Waals surface area contributed by atoms with Crippen LogP contribution in [-0.2, 0) is 4.79 Å². The molecule has 4 heteroatoms. The molecule has 3 rings (SSSR count). The summed E-state index contributed by atoms with van der Waals surface area (Å²) in [6.07, 6.45) is 3.76. The molecule has 0 aromatic heterocycles. The van der Waals surface area contributed by atoms with E-state index in [1.165, 1.54) is 0 Å². The Kier molecular flexibility index (Phi) is 3.86. The van der Waals surface area contributed by atoms with Crippen molar-refractivity contribution in [1.82, 2.24) is 4.90 Å². The van der Waals surface area contributed by atoms with Gasteiger partial charge in [0, 0.05) is 12.6 Å². The molecule has 1 saturated heterocycles. The fourth-order valence-corrected chi connectivity index (χ4v) is 2.97. The van der Waals surface area contributed by atoms with E-state index in [0.29, 0.717) is 13.2 Å². The topological polar surface area (TPSA) is 38.8 Å². The van der Waals surface area contributed by atoms with Crippen LogP contribution in [0.25, 0.3) is 0 Å². The van der Waals surface area contributed by atoms with Crippen LogP contribution in [0, 0.1) is 0 Å². The number of benzene rings is 1. The Hall–Kier alpha value is -1.97. The highest BCUT2D eigenvalue weighted by Crippen LogP contribution is 2.38. The van der Waals surface area contributed by atoms with Crippen molar-refractivity contribution in [3.63, 3.8) is 0 Å². The summed E-state index contributed by atoms with van der Waals surface area (Å²) < 4.78 is 11.2. The van der Waals surface area contributed by atoms with Gasteiger partial charge in [-0.1, -0.05) is 11.6 Å². The van der Waals surface area contributed by atoms with E-state index in [1.54, 1.807) is 6.08 Å². The van der Waals surface area contributed by atoms with Gasteiger partial charge in [0.15, 0.2) is 11.5 Å². The summed E-state index contributed by atoms with van der Waals surface area (Å²) >= 11 is 0. The largest absolute Gasteiger partial charge is 0.486 e. The van der Waals surface area contributed by atoms with E-state index in [-0.39, 0.29) is 11.9 Å². The maximum atomic E-state index is 12.3. The van der Waals surface area contributed by atoms with Crippen LogP contribution < -0.4 is 9.47 Å². The lowest BCUT2D eigenvalue weighted by Crippen LogP contribution is -2.29. The summed E-state index contributed by atoms with van der Waals surface area (Å²) in [4.78, 5) is 14.3. The van der Waals surface area contributed by atoms with E-state index in [2.05, 4.69) is 0 Å². The number of hydrogen-bond acceptors (Lipinski definition) is 3. The van der Waals surface area contributed by atoms with Gasteiger partial charge in [0.05, 0.1) is 6.04 Å². The summed E-state index contributed by atoms with van der Waals surface area (Å²) in [5.74, 6) is 1.69. The SMILES string of the molecule is CC(C)=CC(=O)N1CCCC1c1ccc2c(c1)OCCO2. The summed E-state index contributed by atoms with van der Waals surface area (Å²) in [6.45, 7) is 5.91. The highest BCUT2D eigenvalue weighted by molar-refractivity contribution is 5.88. The van der Waals surface area contributed by atoms with Crippen molar-refractivity contribution in [3.8, 4) is 11.5 Å². The Morgan fingerprint density at radius 1 is 1.24 bits per heavy atom. The van der Waals surface area contributed by atoms with Crippen LogP contribution >= 0.6 is 0 Å². The Labute approximate surface area is 125 Å². The molecule has 0 radical (unpaired) electrons. The highest BCUT2D eigenvalue weighted by Gasteiger charge is 2.29. The van der Waals surface area contributed by atoms with Gasteiger partial charge >= 0.3 is 0 Å². The minimum absolute atomic E-state index is 0.104. The number of likely N-dealkylation sites (tertiary alicyclic amines) is 1. The van der Waals surface area contributed by atoms with Gasteiger partial charge in [-0.2, -0.15) is 0 Å². The molecule has 0 saturated carbocycles. The van der Waals surface area contributed by atoms with E-state index in [1.807, 2.05) is 36.9 Å². The fourth-order valence-electron chi connectivity index (χ4n) is 2.97. The van der Waals surface area contributed by atoms with Crippen LogP contribution in [0.4, 0.5) is 0 Å². The first-order valence-electron chi connectivity index (χ1n) is 7.50. The fraction of sp³-hybridized carbons (Fsp3) is 0.471. The molecule has 0 spiro atoms. The van der Waals surface area contributed by atoms with E-state index in [0.717, 1.165) is 42.0 Å². The standard InChI is InChI=1S/C17H21NO3/c1-12(2)10-17(19)18-7-3-4-14(18)13-5-6-15-16(11-13)21-9-8-20-15/h5-6,10-11,14H,3-4,7-9H2,1-2H3. The zero-order valence-electron chi connectivity index (χ0n) is 12.6. The van der Waals surface area contributed by atoms with Crippen molar-refractivity contribution in [2.45, 2.75) is 32.7 Å². The Morgan fingerprint density at radius 3 is 2.76 bits per heavy atom. The van der Waals surface area contributed by atoms with Gasteiger partial charge in [-0.3, -0.25) is 4.79 Å². The highest BCUT2D eigenvalue weighted by atomic mass is 16.6. The molecular weight excluding hydrogens is 266 g/mol. The zero-order valence-corrected chi connectivity index (χ0v) is 12.6. The van der Waals surface area contributed by atoms with Gasteiger partial charge in [0.1, 0.15) is 13.2 Å². The van der Waals surface area contributed by atoms with Gasteiger partial charge in [0.2, 0.25) is 5.91 Å². The average molecular weight is 287 g/mol. The summed E-state index contributed by atoms with van der Waals surface area (Å²) in [6, 6.07) is 6.16. The first-order chi connectivity index (χ1) is 10.1. The molecule has 2 heterocycles. The van der Waals surface area contributed by atoms with Crippen LogP contribution in [0.15, 0.2) is 29.8 Å². The molecule has 4 nitrogen and oxygen atoms in total. The van der Waals surface area contributed by atoms with E-state index in [4.69, 9.17) is 9.47 Å². The summed E-state index contributed by atoms with van der Waals surface area (Å²) in [7, 11) is 0. The number of rotatable bonds is 2. The van der Waals surface area contributed by atoms with Gasteiger partial charge < -0.3 is 14.4 Å². The van der Waals surface area contributed by atoms with Crippen LogP contribution in [0.5, 0.6) is 11.5 Å². The monoisotopic (exact) mass is 287 g/mol. The second-order valence-electron chi connectivity index (χ2n) is 5.81. The Balaban J connectivity index is 1.85. The molecule has 0 aliphatic carbocycles. The number of fused-ring (bicyclic) bond motifs is 1. The molecule has 1 unspecified atom stereocenters. The number of nitrogens with zero attached hydrogens (tertiary/aromatic N) is 1. The third-order valence-corrected chi connectivity index (χ3v) is 3.90. The van der Waals surface area contributed by atoms with Crippen molar-refractivity contribution in [2.24, 2.45) is 0 Å². The molecular formula is C17H21NO3. The van der Waals surface area contributed by atoms with E-state index in [9.17, 15) is 4.79 Å². The second-order valence-corrected chi connectivity index (χ2v) is 5.81. The average Bonchev–Trinajstić information content (AvgIpc) is 2.95. The number of allylic oxidation sites excluding steroid dienone is 1. The van der Waals surface area contributed by atoms with Crippen molar-refractivity contribution in [2.75, 3.05) is 19.8 Å². The molecule has 1 atom stereocenters. The molecule has 0 bridgehead atoms. The zero-order chi connectivity index (χ0) is 14.8. The Bertz CT molecular complexity index is 575. The van der Waals surface area contributed by atoms with Crippen LogP contribution in [-0.4, -0.2) is 30.6 Å². The molecule has 112 valence electrons. The van der Waals surface area contributed by atoms with Gasteiger partial charge in [-0.05, 0) is 44.4 Å². The first kappa shape index (κ1) is 14.0. The summed E-state index contributed by atoms with van der Waals surface area (Å²) in [5.41, 5.74) is 2.17. The third-order valence-electron chi connectivity index (χ3n) is 3.90. The number of carbonyl (C=O) groups excluding carboxylic acids is 1. The van der Waals surface area contributed by atoms with Crippen molar-refractivity contribution < 1.29 is 14.3 Å². The lowest BCUT2D eigenvalue weighted by atomic mass is 10.0. The molecule has 1 amide bonds. The maximum absolute atomic E-state index is 12.3. The molecule has 1 fully saturated rings. The second kappa shape index (κ2) is 5.80. The van der Waals surface area contributed by atoms with Crippen LogP contribution in [0.1, 0.15) is 38.3 Å². The predicted octanol–water partition coefficient (Wildman–Crippen LogP) is 3.09. The molecule has 2 aliphatic rings. The van der Waals surface area contributed by atoms with Gasteiger partial charge in [-0.25, -0.2) is 0 Å². The normalized spacial score (nSPS) is 20.3. The van der Waals surface area contributed by atoms with E-state index < -0.39 is 0 Å². The molecule has 2 aliphatic heterocycles. The van der Waals surface area contributed by atoms with Crippen molar-refractivity contribution in [3.05, 3.63) is 35.4 Å². The minimum Gasteiger partial charge on any atom is -0.486 e. The lowest BCUT2D eigenvalue weighted by molar-refractivity contribution is -0.126. The number of ether oxygens (including phenoxy) is 2. The third kappa shape index (κ3) is 2.89. The summed E-state index contributed by atoms with van der Waals surface area (Å²) in [5, 5.41) is 0. The molecule has 1 aromatic rings. The Morgan fingerprint density at radius 2 is 2.00 bits per heavy atom. The smallest absolute Gasteiger partial charge is 0.246 e. The van der Waals surface area contributed by atoms with Crippen LogP contribution in [0.2, 0.25) is 0 Å². The first-order valence-corrected chi connectivity index (χ1v) is 7.50.